The van der Waals surface area contributed by atoms with Crippen molar-refractivity contribution in [2.24, 2.45) is 5.41 Å². The van der Waals surface area contributed by atoms with Gasteiger partial charge in [-0.2, -0.15) is 0 Å². The molecule has 0 aromatic heterocycles. The fraction of sp³-hybridized carbons (Fsp3) is 1.00. The van der Waals surface area contributed by atoms with Crippen LogP contribution >= 0.6 is 0 Å². The van der Waals surface area contributed by atoms with E-state index in [-0.39, 0.29) is 12.0 Å². The molecular weight excluding hydrogens is 292 g/mol. The van der Waals surface area contributed by atoms with E-state index >= 15 is 0 Å². The normalized spacial score (nSPS) is 30.8. The van der Waals surface area contributed by atoms with E-state index < -0.39 is 5.97 Å². The Kier molecular flexibility index (Phi) is 7.49. The molecule has 0 unspecified atom stereocenters. The Bertz CT molecular complexity index is 286. The number of hydrogen-bond donors (Lipinski definition) is 1. The van der Waals surface area contributed by atoms with Crippen molar-refractivity contribution >= 4 is 0 Å². The molecule has 7 nitrogen and oxygen atoms in total. The summed E-state index contributed by atoms with van der Waals surface area (Å²) in [6.07, 6.45) is 1.50. The van der Waals surface area contributed by atoms with E-state index in [0.717, 1.165) is 6.42 Å². The van der Waals surface area contributed by atoms with Gasteiger partial charge in [0.1, 0.15) is 0 Å². The van der Waals surface area contributed by atoms with Gasteiger partial charge in [0, 0.05) is 18.4 Å². The molecule has 0 aromatic carbocycles. The molecule has 130 valence electrons. The minimum absolute atomic E-state index is 0.0104. The summed E-state index contributed by atoms with van der Waals surface area (Å²) in [6.45, 7) is 7.31. The summed E-state index contributed by atoms with van der Waals surface area (Å²) in [5, 5.41) is 8.52. The Labute approximate surface area is 131 Å². The van der Waals surface area contributed by atoms with Gasteiger partial charge in [-0.1, -0.05) is 6.92 Å². The SMILES string of the molecule is CC12COC(CCCOCCOCCOCCO)(OC1)OC2. The minimum Gasteiger partial charge on any atom is -0.394 e. The van der Waals surface area contributed by atoms with Crippen LogP contribution in [0, 0.1) is 5.41 Å². The van der Waals surface area contributed by atoms with Crippen molar-refractivity contribution in [2.45, 2.75) is 25.7 Å². The van der Waals surface area contributed by atoms with Crippen LogP contribution in [0.4, 0.5) is 0 Å². The zero-order chi connectivity index (χ0) is 15.7. The van der Waals surface area contributed by atoms with Crippen molar-refractivity contribution in [1.82, 2.24) is 0 Å². The van der Waals surface area contributed by atoms with Crippen LogP contribution in [0.1, 0.15) is 19.8 Å². The lowest BCUT2D eigenvalue weighted by atomic mass is 9.91. The molecule has 3 aliphatic heterocycles. The summed E-state index contributed by atoms with van der Waals surface area (Å²) in [5.41, 5.74) is 0.0104. The molecule has 0 aromatic rings. The standard InChI is InChI=1S/C15H28O7/c1-14-11-20-15(21-12-14,22-13-14)3-2-5-17-7-9-19-10-8-18-6-4-16/h16H,2-13H2,1H3. The van der Waals surface area contributed by atoms with Gasteiger partial charge >= 0.3 is 0 Å². The summed E-state index contributed by atoms with van der Waals surface area (Å²) in [7, 11) is 0. The Hall–Kier alpha value is -0.280. The highest BCUT2D eigenvalue weighted by molar-refractivity contribution is 4.84. The molecular formula is C15H28O7. The molecule has 1 N–H and O–H groups in total. The van der Waals surface area contributed by atoms with Gasteiger partial charge in [0.25, 0.3) is 5.97 Å². The van der Waals surface area contributed by atoms with Gasteiger partial charge in [0.05, 0.1) is 59.5 Å². The quantitative estimate of drug-likeness (QED) is 0.526. The van der Waals surface area contributed by atoms with Gasteiger partial charge in [-0.3, -0.25) is 0 Å². The maximum absolute atomic E-state index is 8.52. The molecule has 7 heteroatoms. The van der Waals surface area contributed by atoms with E-state index in [1.165, 1.54) is 0 Å². The fourth-order valence-electron chi connectivity index (χ4n) is 2.32. The average molecular weight is 320 g/mol. The summed E-state index contributed by atoms with van der Waals surface area (Å²) in [4.78, 5) is 0. The molecule has 0 atom stereocenters. The molecule has 3 rings (SSSR count). The van der Waals surface area contributed by atoms with Gasteiger partial charge in [0.15, 0.2) is 0 Å². The van der Waals surface area contributed by atoms with Crippen LogP contribution in [0.2, 0.25) is 0 Å². The lowest BCUT2D eigenvalue weighted by Gasteiger charge is -2.50. The van der Waals surface area contributed by atoms with E-state index in [4.69, 9.17) is 33.5 Å². The molecule has 0 saturated carbocycles. The molecule has 0 amide bonds. The summed E-state index contributed by atoms with van der Waals surface area (Å²) >= 11 is 0. The minimum atomic E-state index is -0.846. The number of aliphatic hydroxyl groups is 1. The monoisotopic (exact) mass is 320 g/mol. The second-order valence-electron chi connectivity index (χ2n) is 6.02. The van der Waals surface area contributed by atoms with Crippen LogP contribution in [0.3, 0.4) is 0 Å². The first-order chi connectivity index (χ1) is 10.7. The second kappa shape index (κ2) is 9.12. The van der Waals surface area contributed by atoms with Crippen LogP contribution in [0.25, 0.3) is 0 Å². The topological polar surface area (TPSA) is 75.6 Å². The molecule has 0 radical (unpaired) electrons. The maximum atomic E-state index is 8.52. The zero-order valence-corrected chi connectivity index (χ0v) is 13.4. The van der Waals surface area contributed by atoms with Crippen LogP contribution < -0.4 is 0 Å². The van der Waals surface area contributed by atoms with E-state index in [9.17, 15) is 0 Å². The van der Waals surface area contributed by atoms with Crippen molar-refractivity contribution in [1.29, 1.82) is 0 Å². The number of hydrogen-bond acceptors (Lipinski definition) is 7. The number of ether oxygens (including phenoxy) is 6. The molecule has 3 aliphatic rings. The molecule has 3 heterocycles. The zero-order valence-electron chi connectivity index (χ0n) is 13.4. The third-order valence-electron chi connectivity index (χ3n) is 3.67. The molecule has 0 spiro atoms. The second-order valence-corrected chi connectivity index (χ2v) is 6.02. The van der Waals surface area contributed by atoms with E-state index in [1.807, 2.05) is 0 Å². The molecule has 3 fully saturated rings. The van der Waals surface area contributed by atoms with Crippen LogP contribution in [-0.4, -0.2) is 77.1 Å². The lowest BCUT2D eigenvalue weighted by Crippen LogP contribution is -2.58. The molecule has 3 saturated heterocycles. The predicted octanol–water partition coefficient (Wildman–Crippen LogP) is 0.546. The van der Waals surface area contributed by atoms with Crippen LogP contribution in [0.15, 0.2) is 0 Å². The first-order valence-corrected chi connectivity index (χ1v) is 7.94. The highest BCUT2D eigenvalue weighted by Gasteiger charge is 2.49. The largest absolute Gasteiger partial charge is 0.394 e. The number of fused-ring (bicyclic) bond motifs is 3. The Morgan fingerprint density at radius 2 is 1.32 bits per heavy atom. The predicted molar refractivity (Wildman–Crippen MR) is 77.5 cm³/mol. The smallest absolute Gasteiger partial charge is 0.283 e. The summed E-state index contributed by atoms with van der Waals surface area (Å²) in [5.74, 6) is -0.846. The first kappa shape index (κ1) is 18.1. The van der Waals surface area contributed by atoms with Crippen molar-refractivity contribution in [3.8, 4) is 0 Å². The first-order valence-electron chi connectivity index (χ1n) is 7.94. The van der Waals surface area contributed by atoms with E-state index in [1.54, 1.807) is 0 Å². The summed E-state index contributed by atoms with van der Waals surface area (Å²) < 4.78 is 33.0. The Morgan fingerprint density at radius 3 is 1.86 bits per heavy atom. The van der Waals surface area contributed by atoms with Crippen molar-refractivity contribution in [3.63, 3.8) is 0 Å². The molecule has 0 aliphatic carbocycles. The fourth-order valence-corrected chi connectivity index (χ4v) is 2.32. The molecule has 22 heavy (non-hydrogen) atoms. The Balaban J connectivity index is 1.40. The van der Waals surface area contributed by atoms with Crippen LogP contribution in [0.5, 0.6) is 0 Å². The Morgan fingerprint density at radius 1 is 0.818 bits per heavy atom. The lowest BCUT2D eigenvalue weighted by molar-refractivity contribution is -0.467. The summed E-state index contributed by atoms with van der Waals surface area (Å²) in [6, 6.07) is 0. The molecule has 2 bridgehead atoms. The number of rotatable bonds is 12. The van der Waals surface area contributed by atoms with Gasteiger partial charge in [-0.05, 0) is 6.42 Å². The van der Waals surface area contributed by atoms with Gasteiger partial charge in [0.2, 0.25) is 0 Å². The number of aliphatic hydroxyl groups excluding tert-OH is 1. The van der Waals surface area contributed by atoms with E-state index in [2.05, 4.69) is 6.92 Å². The average Bonchev–Trinajstić information content (AvgIpc) is 2.54. The van der Waals surface area contributed by atoms with Crippen molar-refractivity contribution in [3.05, 3.63) is 0 Å². The van der Waals surface area contributed by atoms with Gasteiger partial charge in [-0.15, -0.1) is 0 Å². The van der Waals surface area contributed by atoms with Crippen molar-refractivity contribution in [2.75, 3.05) is 66.1 Å². The van der Waals surface area contributed by atoms with E-state index in [0.29, 0.717) is 65.9 Å². The van der Waals surface area contributed by atoms with Crippen molar-refractivity contribution < 1.29 is 33.5 Å². The third-order valence-corrected chi connectivity index (χ3v) is 3.67. The van der Waals surface area contributed by atoms with Gasteiger partial charge in [-0.25, -0.2) is 0 Å². The highest BCUT2D eigenvalue weighted by atomic mass is 16.9. The highest BCUT2D eigenvalue weighted by Crippen LogP contribution is 2.40. The van der Waals surface area contributed by atoms with Crippen LogP contribution in [-0.2, 0) is 28.4 Å². The van der Waals surface area contributed by atoms with Gasteiger partial charge < -0.3 is 33.5 Å². The maximum Gasteiger partial charge on any atom is 0.283 e. The third kappa shape index (κ3) is 5.73.